The third-order valence-corrected chi connectivity index (χ3v) is 3.48. The molecule has 1 unspecified atom stereocenters. The van der Waals surface area contributed by atoms with Crippen molar-refractivity contribution in [2.75, 3.05) is 12.4 Å². The van der Waals surface area contributed by atoms with E-state index in [-0.39, 0.29) is 17.6 Å². The molecule has 0 aliphatic carbocycles. The Balaban J connectivity index is 2.13. The first kappa shape index (κ1) is 12.8. The molecule has 1 heterocycles. The van der Waals surface area contributed by atoms with Crippen molar-refractivity contribution in [1.29, 1.82) is 0 Å². The molecule has 5 heteroatoms. The number of thiazole rings is 1. The molecular formula is C13H15FN2OS. The lowest BCUT2D eigenvalue weighted by atomic mass is 10.1. The third kappa shape index (κ3) is 2.79. The fourth-order valence-corrected chi connectivity index (χ4v) is 2.39. The zero-order chi connectivity index (χ0) is 13.1. The summed E-state index contributed by atoms with van der Waals surface area (Å²) in [5.74, 6) is -0.0880. The number of nitrogens with one attached hydrogen (secondary N) is 1. The van der Waals surface area contributed by atoms with Crippen LogP contribution in [0, 0.1) is 12.7 Å². The van der Waals surface area contributed by atoms with E-state index in [4.69, 9.17) is 4.74 Å². The molecule has 2 rings (SSSR count). The van der Waals surface area contributed by atoms with Crippen molar-refractivity contribution in [1.82, 2.24) is 4.98 Å². The molecule has 1 aromatic heterocycles. The summed E-state index contributed by atoms with van der Waals surface area (Å²) in [6.07, 6.45) is 1.81. The zero-order valence-electron chi connectivity index (χ0n) is 10.5. The highest BCUT2D eigenvalue weighted by molar-refractivity contribution is 7.15. The van der Waals surface area contributed by atoms with E-state index < -0.39 is 0 Å². The van der Waals surface area contributed by atoms with E-state index in [0.717, 1.165) is 15.6 Å². The molecule has 96 valence electrons. The number of aromatic nitrogens is 1. The van der Waals surface area contributed by atoms with Gasteiger partial charge in [-0.2, -0.15) is 0 Å². The normalized spacial score (nSPS) is 12.2. The van der Waals surface area contributed by atoms with Crippen LogP contribution in [0.5, 0.6) is 5.75 Å². The van der Waals surface area contributed by atoms with Gasteiger partial charge in [0, 0.05) is 11.1 Å². The van der Waals surface area contributed by atoms with Crippen molar-refractivity contribution < 1.29 is 9.13 Å². The lowest BCUT2D eigenvalue weighted by molar-refractivity contribution is 0.386. The van der Waals surface area contributed by atoms with E-state index in [1.807, 2.05) is 26.1 Å². The van der Waals surface area contributed by atoms with Crippen molar-refractivity contribution in [2.24, 2.45) is 0 Å². The Morgan fingerprint density at radius 3 is 2.78 bits per heavy atom. The van der Waals surface area contributed by atoms with Crippen LogP contribution in [0.3, 0.4) is 0 Å². The summed E-state index contributed by atoms with van der Waals surface area (Å²) in [5, 5.41) is 4.09. The number of methoxy groups -OCH3 is 1. The number of nitrogens with zero attached hydrogens (tertiary/aromatic N) is 1. The van der Waals surface area contributed by atoms with E-state index in [1.165, 1.54) is 13.2 Å². The van der Waals surface area contributed by atoms with Gasteiger partial charge in [-0.3, -0.25) is 0 Å². The maximum atomic E-state index is 13.6. The summed E-state index contributed by atoms with van der Waals surface area (Å²) < 4.78 is 18.5. The van der Waals surface area contributed by atoms with Crippen LogP contribution in [0.4, 0.5) is 9.52 Å². The number of benzene rings is 1. The fourth-order valence-electron chi connectivity index (χ4n) is 1.64. The monoisotopic (exact) mass is 266 g/mol. The molecule has 1 N–H and O–H groups in total. The summed E-state index contributed by atoms with van der Waals surface area (Å²) in [7, 11) is 1.46. The maximum Gasteiger partial charge on any atom is 0.183 e. The molecule has 1 atom stereocenters. The van der Waals surface area contributed by atoms with Gasteiger partial charge in [-0.15, -0.1) is 11.3 Å². The lowest BCUT2D eigenvalue weighted by Gasteiger charge is -2.14. The average Bonchev–Trinajstić information content (AvgIpc) is 2.74. The number of halogens is 1. The smallest absolute Gasteiger partial charge is 0.183 e. The summed E-state index contributed by atoms with van der Waals surface area (Å²) in [6, 6.07) is 4.96. The minimum atomic E-state index is -0.348. The van der Waals surface area contributed by atoms with E-state index in [2.05, 4.69) is 10.3 Å². The molecule has 2 aromatic rings. The van der Waals surface area contributed by atoms with Crippen LogP contribution in [0.2, 0.25) is 0 Å². The Bertz CT molecular complexity index is 542. The molecule has 0 fully saturated rings. The SMILES string of the molecule is COc1ccc(C(C)Nc2ncc(C)s2)cc1F. The second kappa shape index (κ2) is 5.35. The molecule has 0 saturated heterocycles. The van der Waals surface area contributed by atoms with Gasteiger partial charge < -0.3 is 10.1 Å². The van der Waals surface area contributed by atoms with Crippen LogP contribution < -0.4 is 10.1 Å². The lowest BCUT2D eigenvalue weighted by Crippen LogP contribution is -2.06. The van der Waals surface area contributed by atoms with Gasteiger partial charge in [0.2, 0.25) is 0 Å². The average molecular weight is 266 g/mol. The zero-order valence-corrected chi connectivity index (χ0v) is 11.3. The number of aryl methyl sites for hydroxylation is 1. The molecule has 1 aromatic carbocycles. The van der Waals surface area contributed by atoms with E-state index in [9.17, 15) is 4.39 Å². The summed E-state index contributed by atoms with van der Waals surface area (Å²) in [6.45, 7) is 3.97. The van der Waals surface area contributed by atoms with Gasteiger partial charge in [-0.25, -0.2) is 9.37 Å². The van der Waals surface area contributed by atoms with Gasteiger partial charge in [0.05, 0.1) is 13.2 Å². The van der Waals surface area contributed by atoms with Gasteiger partial charge >= 0.3 is 0 Å². The van der Waals surface area contributed by atoms with E-state index in [0.29, 0.717) is 0 Å². The molecule has 0 radical (unpaired) electrons. The summed E-state index contributed by atoms with van der Waals surface area (Å²) in [4.78, 5) is 5.37. The first-order valence-electron chi connectivity index (χ1n) is 5.62. The summed E-state index contributed by atoms with van der Waals surface area (Å²) >= 11 is 1.58. The molecular weight excluding hydrogens is 251 g/mol. The second-order valence-electron chi connectivity index (χ2n) is 4.04. The van der Waals surface area contributed by atoms with Gasteiger partial charge in [-0.1, -0.05) is 6.07 Å². The number of rotatable bonds is 4. The standard InChI is InChI=1S/C13H15FN2OS/c1-8-7-15-13(18-8)16-9(2)10-4-5-12(17-3)11(14)6-10/h4-7,9H,1-3H3,(H,15,16). The maximum absolute atomic E-state index is 13.6. The van der Waals surface area contributed by atoms with Gasteiger partial charge in [0.25, 0.3) is 0 Å². The van der Waals surface area contributed by atoms with Gasteiger partial charge in [0.1, 0.15) is 0 Å². The first-order chi connectivity index (χ1) is 8.60. The van der Waals surface area contributed by atoms with E-state index >= 15 is 0 Å². The summed E-state index contributed by atoms with van der Waals surface area (Å²) in [5.41, 5.74) is 0.862. The number of ether oxygens (including phenoxy) is 1. The van der Waals surface area contributed by atoms with Crippen LogP contribution in [0.1, 0.15) is 23.4 Å². The van der Waals surface area contributed by atoms with Crippen molar-refractivity contribution in [3.63, 3.8) is 0 Å². The van der Waals surface area contributed by atoms with Crippen molar-refractivity contribution in [2.45, 2.75) is 19.9 Å². The highest BCUT2D eigenvalue weighted by Gasteiger charge is 2.10. The topological polar surface area (TPSA) is 34.1 Å². The molecule has 0 spiro atoms. The minimum absolute atomic E-state index is 0.00374. The Kier molecular flexibility index (Phi) is 3.81. The fraction of sp³-hybridized carbons (Fsp3) is 0.308. The van der Waals surface area contributed by atoms with Crippen LogP contribution >= 0.6 is 11.3 Å². The van der Waals surface area contributed by atoms with Crippen LogP contribution in [-0.4, -0.2) is 12.1 Å². The van der Waals surface area contributed by atoms with Crippen LogP contribution in [0.25, 0.3) is 0 Å². The van der Waals surface area contributed by atoms with Crippen LogP contribution in [0.15, 0.2) is 24.4 Å². The van der Waals surface area contributed by atoms with Crippen molar-refractivity contribution >= 4 is 16.5 Å². The first-order valence-corrected chi connectivity index (χ1v) is 6.44. The Morgan fingerprint density at radius 2 is 2.22 bits per heavy atom. The second-order valence-corrected chi connectivity index (χ2v) is 5.27. The van der Waals surface area contributed by atoms with Gasteiger partial charge in [0.15, 0.2) is 16.7 Å². The van der Waals surface area contributed by atoms with Crippen molar-refractivity contribution in [3.8, 4) is 5.75 Å². The van der Waals surface area contributed by atoms with Crippen LogP contribution in [-0.2, 0) is 0 Å². The number of anilines is 1. The third-order valence-electron chi connectivity index (χ3n) is 2.64. The molecule has 0 amide bonds. The molecule has 3 nitrogen and oxygen atoms in total. The Labute approximate surface area is 110 Å². The quantitative estimate of drug-likeness (QED) is 0.914. The highest BCUT2D eigenvalue weighted by Crippen LogP contribution is 2.26. The van der Waals surface area contributed by atoms with E-state index in [1.54, 1.807) is 17.4 Å². The minimum Gasteiger partial charge on any atom is -0.494 e. The molecule has 0 aliphatic rings. The predicted molar refractivity (Wildman–Crippen MR) is 71.8 cm³/mol. The largest absolute Gasteiger partial charge is 0.494 e. The Hall–Kier alpha value is -1.62. The number of hydrogen-bond acceptors (Lipinski definition) is 4. The molecule has 0 aliphatic heterocycles. The molecule has 18 heavy (non-hydrogen) atoms. The van der Waals surface area contributed by atoms with Gasteiger partial charge in [-0.05, 0) is 31.5 Å². The molecule has 0 saturated carbocycles. The van der Waals surface area contributed by atoms with Crippen molar-refractivity contribution in [3.05, 3.63) is 40.7 Å². The Morgan fingerprint density at radius 1 is 1.44 bits per heavy atom. The highest BCUT2D eigenvalue weighted by atomic mass is 32.1. The molecule has 0 bridgehead atoms. The number of hydrogen-bond donors (Lipinski definition) is 1. The predicted octanol–water partition coefficient (Wildman–Crippen LogP) is 3.77.